The minimum atomic E-state index is -3.27. The standard InChI is InChI=1S/C12H19NO4S/c1-8-4-5-11(18(3,16)17)9(2)12(8)13-6-10(15)7-14/h4-5,10,13-15H,6-7H2,1-3H3. The molecular formula is C12H19NO4S. The number of benzene rings is 1. The van der Waals surface area contributed by atoms with Gasteiger partial charge in [0, 0.05) is 18.5 Å². The fraction of sp³-hybridized carbons (Fsp3) is 0.500. The van der Waals surface area contributed by atoms with Crippen LogP contribution < -0.4 is 5.32 Å². The third-order valence-electron chi connectivity index (χ3n) is 2.75. The van der Waals surface area contributed by atoms with Crippen LogP contribution in [-0.4, -0.2) is 44.1 Å². The number of aryl methyl sites for hydroxylation is 1. The van der Waals surface area contributed by atoms with Gasteiger partial charge in [0.15, 0.2) is 9.84 Å². The summed E-state index contributed by atoms with van der Waals surface area (Å²) in [7, 11) is -3.27. The van der Waals surface area contributed by atoms with E-state index in [1.54, 1.807) is 19.1 Å². The highest BCUT2D eigenvalue weighted by Crippen LogP contribution is 2.26. The van der Waals surface area contributed by atoms with E-state index in [0.29, 0.717) is 11.3 Å². The van der Waals surface area contributed by atoms with Gasteiger partial charge in [0.05, 0.1) is 17.6 Å². The number of rotatable bonds is 5. The van der Waals surface area contributed by atoms with E-state index < -0.39 is 15.9 Å². The van der Waals surface area contributed by atoms with Crippen molar-refractivity contribution in [1.82, 2.24) is 0 Å². The summed E-state index contributed by atoms with van der Waals surface area (Å²) in [4.78, 5) is 0.272. The van der Waals surface area contributed by atoms with E-state index in [9.17, 15) is 13.5 Å². The van der Waals surface area contributed by atoms with Gasteiger partial charge in [-0.05, 0) is 31.0 Å². The minimum absolute atomic E-state index is 0.172. The third kappa shape index (κ3) is 3.44. The molecule has 1 aromatic carbocycles. The molecule has 0 amide bonds. The quantitative estimate of drug-likeness (QED) is 0.726. The zero-order chi connectivity index (χ0) is 13.9. The molecule has 1 atom stereocenters. The molecule has 1 unspecified atom stereocenters. The molecule has 0 fully saturated rings. The minimum Gasteiger partial charge on any atom is -0.394 e. The van der Waals surface area contributed by atoms with Crippen LogP contribution in [0.5, 0.6) is 0 Å². The molecule has 0 heterocycles. The van der Waals surface area contributed by atoms with Crippen molar-refractivity contribution in [2.24, 2.45) is 0 Å². The van der Waals surface area contributed by atoms with Crippen LogP contribution in [-0.2, 0) is 9.84 Å². The second-order valence-electron chi connectivity index (χ2n) is 4.37. The average molecular weight is 273 g/mol. The summed E-state index contributed by atoms with van der Waals surface area (Å²) in [6.45, 7) is 3.41. The molecule has 0 aliphatic carbocycles. The molecular weight excluding hydrogens is 254 g/mol. The van der Waals surface area contributed by atoms with Crippen molar-refractivity contribution in [3.63, 3.8) is 0 Å². The first kappa shape index (κ1) is 14.9. The highest BCUT2D eigenvalue weighted by molar-refractivity contribution is 7.90. The number of aliphatic hydroxyl groups is 2. The second-order valence-corrected chi connectivity index (χ2v) is 6.35. The van der Waals surface area contributed by atoms with Gasteiger partial charge in [-0.3, -0.25) is 0 Å². The van der Waals surface area contributed by atoms with Crippen LogP contribution in [0.15, 0.2) is 17.0 Å². The largest absolute Gasteiger partial charge is 0.394 e. The Morgan fingerprint density at radius 1 is 1.33 bits per heavy atom. The molecule has 18 heavy (non-hydrogen) atoms. The fourth-order valence-electron chi connectivity index (χ4n) is 1.79. The number of nitrogens with one attached hydrogen (secondary N) is 1. The maximum atomic E-state index is 11.6. The van der Waals surface area contributed by atoms with Gasteiger partial charge in [-0.1, -0.05) is 6.07 Å². The Bertz CT molecular complexity index is 525. The van der Waals surface area contributed by atoms with Crippen LogP contribution in [0, 0.1) is 13.8 Å². The molecule has 0 spiro atoms. The molecule has 0 radical (unpaired) electrons. The Labute approximate surface area is 107 Å². The lowest BCUT2D eigenvalue weighted by Gasteiger charge is -2.17. The Morgan fingerprint density at radius 2 is 1.94 bits per heavy atom. The number of hydrogen-bond donors (Lipinski definition) is 3. The van der Waals surface area contributed by atoms with Crippen molar-refractivity contribution in [2.45, 2.75) is 24.8 Å². The first-order valence-electron chi connectivity index (χ1n) is 5.60. The van der Waals surface area contributed by atoms with Gasteiger partial charge in [-0.15, -0.1) is 0 Å². The van der Waals surface area contributed by atoms with E-state index in [1.807, 2.05) is 6.92 Å². The molecule has 3 N–H and O–H groups in total. The zero-order valence-electron chi connectivity index (χ0n) is 10.8. The van der Waals surface area contributed by atoms with Gasteiger partial charge >= 0.3 is 0 Å². The lowest BCUT2D eigenvalue weighted by Crippen LogP contribution is -2.23. The fourth-order valence-corrected chi connectivity index (χ4v) is 2.76. The van der Waals surface area contributed by atoms with Gasteiger partial charge in [0.2, 0.25) is 0 Å². The predicted molar refractivity (Wildman–Crippen MR) is 70.6 cm³/mol. The summed E-state index contributed by atoms with van der Waals surface area (Å²) in [6, 6.07) is 3.30. The predicted octanol–water partition coefficient (Wildman–Crippen LogP) is 0.472. The van der Waals surface area contributed by atoms with Crippen LogP contribution in [0.2, 0.25) is 0 Å². The Balaban J connectivity index is 3.11. The molecule has 5 nitrogen and oxygen atoms in total. The number of anilines is 1. The summed E-state index contributed by atoms with van der Waals surface area (Å²) in [5, 5.41) is 21.0. The zero-order valence-corrected chi connectivity index (χ0v) is 11.6. The van der Waals surface area contributed by atoms with E-state index in [4.69, 9.17) is 5.11 Å². The maximum Gasteiger partial charge on any atom is 0.175 e. The first-order valence-corrected chi connectivity index (χ1v) is 7.49. The van der Waals surface area contributed by atoms with Gasteiger partial charge in [-0.2, -0.15) is 0 Å². The molecule has 0 bridgehead atoms. The summed E-state index contributed by atoms with van der Waals surface area (Å²) in [6.07, 6.45) is 0.294. The van der Waals surface area contributed by atoms with Crippen LogP contribution in [0.1, 0.15) is 11.1 Å². The van der Waals surface area contributed by atoms with Crippen molar-refractivity contribution in [2.75, 3.05) is 24.7 Å². The highest BCUT2D eigenvalue weighted by atomic mass is 32.2. The number of aliphatic hydroxyl groups excluding tert-OH is 2. The average Bonchev–Trinajstić information content (AvgIpc) is 2.26. The van der Waals surface area contributed by atoms with E-state index in [0.717, 1.165) is 11.8 Å². The summed E-state index contributed by atoms with van der Waals surface area (Å²) >= 11 is 0. The van der Waals surface area contributed by atoms with E-state index in [2.05, 4.69) is 5.32 Å². The van der Waals surface area contributed by atoms with Crippen molar-refractivity contribution in [3.05, 3.63) is 23.3 Å². The van der Waals surface area contributed by atoms with E-state index in [-0.39, 0.29) is 18.0 Å². The molecule has 1 rings (SSSR count). The normalized spacial score (nSPS) is 13.4. The van der Waals surface area contributed by atoms with Crippen molar-refractivity contribution in [3.8, 4) is 0 Å². The third-order valence-corrected chi connectivity index (χ3v) is 3.99. The van der Waals surface area contributed by atoms with Gasteiger partial charge < -0.3 is 15.5 Å². The number of sulfone groups is 1. The van der Waals surface area contributed by atoms with Crippen LogP contribution in [0.4, 0.5) is 5.69 Å². The lowest BCUT2D eigenvalue weighted by atomic mass is 10.1. The molecule has 0 aromatic heterocycles. The van der Waals surface area contributed by atoms with Gasteiger partial charge in [0.25, 0.3) is 0 Å². The molecule has 0 aliphatic heterocycles. The van der Waals surface area contributed by atoms with Crippen LogP contribution in [0.3, 0.4) is 0 Å². The highest BCUT2D eigenvalue weighted by Gasteiger charge is 2.15. The Hall–Kier alpha value is -1.11. The van der Waals surface area contributed by atoms with Crippen LogP contribution >= 0.6 is 0 Å². The van der Waals surface area contributed by atoms with Gasteiger partial charge in [-0.25, -0.2) is 8.42 Å². The van der Waals surface area contributed by atoms with Crippen molar-refractivity contribution < 1.29 is 18.6 Å². The van der Waals surface area contributed by atoms with Crippen molar-refractivity contribution in [1.29, 1.82) is 0 Å². The first-order chi connectivity index (χ1) is 8.27. The Morgan fingerprint density at radius 3 is 2.44 bits per heavy atom. The summed E-state index contributed by atoms with van der Waals surface area (Å²) in [5.74, 6) is 0. The molecule has 6 heteroatoms. The SMILES string of the molecule is Cc1ccc(S(C)(=O)=O)c(C)c1NCC(O)CO. The molecule has 102 valence electrons. The summed E-state index contributed by atoms with van der Waals surface area (Å²) in [5.41, 5.74) is 2.21. The molecule has 1 aromatic rings. The van der Waals surface area contributed by atoms with Crippen molar-refractivity contribution >= 4 is 15.5 Å². The lowest BCUT2D eigenvalue weighted by molar-refractivity contribution is 0.105. The topological polar surface area (TPSA) is 86.6 Å². The maximum absolute atomic E-state index is 11.6. The molecule has 0 aliphatic rings. The summed E-state index contributed by atoms with van der Waals surface area (Å²) < 4.78 is 23.2. The van der Waals surface area contributed by atoms with Gasteiger partial charge in [0.1, 0.15) is 0 Å². The van der Waals surface area contributed by atoms with Crippen LogP contribution in [0.25, 0.3) is 0 Å². The monoisotopic (exact) mass is 273 g/mol. The molecule has 0 saturated heterocycles. The Kier molecular flexibility index (Phi) is 4.72. The molecule has 0 saturated carbocycles. The van der Waals surface area contributed by atoms with E-state index in [1.165, 1.54) is 0 Å². The second kappa shape index (κ2) is 5.69. The van der Waals surface area contributed by atoms with E-state index >= 15 is 0 Å². The smallest absolute Gasteiger partial charge is 0.175 e. The number of hydrogen-bond acceptors (Lipinski definition) is 5.